The standard InChI is InChI=1S/C16H11N3O5/c20-13-6-5-12(19(22)23)7-11(13)9-17-18-16(21)15-8-10-3-1-2-4-14(10)24-15/h1-9,20H,(H,18,21)/b17-9-. The molecule has 0 aliphatic heterocycles. The van der Waals surface area contributed by atoms with Crippen LogP contribution in [-0.4, -0.2) is 22.2 Å². The molecule has 0 unspecified atom stereocenters. The highest BCUT2D eigenvalue weighted by atomic mass is 16.6. The van der Waals surface area contributed by atoms with Crippen LogP contribution in [0.3, 0.4) is 0 Å². The monoisotopic (exact) mass is 325 g/mol. The van der Waals surface area contributed by atoms with Gasteiger partial charge in [-0.3, -0.25) is 14.9 Å². The minimum atomic E-state index is -0.593. The van der Waals surface area contributed by atoms with E-state index in [9.17, 15) is 20.0 Å². The van der Waals surface area contributed by atoms with Gasteiger partial charge in [-0.05, 0) is 18.2 Å². The number of phenolic OH excluding ortho intramolecular Hbond substituents is 1. The van der Waals surface area contributed by atoms with Gasteiger partial charge in [0.2, 0.25) is 0 Å². The Balaban J connectivity index is 1.75. The minimum absolute atomic E-state index is 0.0802. The van der Waals surface area contributed by atoms with Crippen molar-refractivity contribution in [2.45, 2.75) is 0 Å². The van der Waals surface area contributed by atoms with E-state index in [-0.39, 0.29) is 22.8 Å². The number of hydrogen-bond donors (Lipinski definition) is 2. The molecule has 0 atom stereocenters. The summed E-state index contributed by atoms with van der Waals surface area (Å²) in [4.78, 5) is 22.1. The van der Waals surface area contributed by atoms with E-state index in [0.29, 0.717) is 5.58 Å². The molecule has 120 valence electrons. The quantitative estimate of drug-likeness (QED) is 0.434. The first-order valence-corrected chi connectivity index (χ1v) is 6.84. The average Bonchev–Trinajstić information content (AvgIpc) is 3.00. The molecule has 8 heteroatoms. The number of nitrogens with zero attached hydrogens (tertiary/aromatic N) is 2. The van der Waals surface area contributed by atoms with Gasteiger partial charge >= 0.3 is 5.91 Å². The SMILES string of the molecule is O=C(N/N=C\c1cc([N+](=O)[O-])ccc1O)c1cc2ccccc2o1. The molecule has 3 aromatic rings. The Morgan fingerprint density at radius 2 is 2.04 bits per heavy atom. The predicted octanol–water partition coefficient (Wildman–Crippen LogP) is 2.81. The summed E-state index contributed by atoms with van der Waals surface area (Å²) in [7, 11) is 0. The number of amides is 1. The van der Waals surface area contributed by atoms with Crippen molar-refractivity contribution >= 4 is 28.8 Å². The number of rotatable bonds is 4. The van der Waals surface area contributed by atoms with Crippen molar-refractivity contribution in [1.82, 2.24) is 5.43 Å². The molecule has 0 saturated carbocycles. The zero-order valence-electron chi connectivity index (χ0n) is 12.2. The lowest BCUT2D eigenvalue weighted by Gasteiger charge is -1.99. The second-order valence-corrected chi connectivity index (χ2v) is 4.85. The number of nitro groups is 1. The summed E-state index contributed by atoms with van der Waals surface area (Å²) in [6, 6.07) is 12.2. The van der Waals surface area contributed by atoms with Crippen molar-refractivity contribution in [3.05, 3.63) is 70.0 Å². The summed E-state index contributed by atoms with van der Waals surface area (Å²) in [5.41, 5.74) is 2.72. The largest absolute Gasteiger partial charge is 0.507 e. The summed E-state index contributed by atoms with van der Waals surface area (Å²) in [6.07, 6.45) is 1.11. The van der Waals surface area contributed by atoms with Gasteiger partial charge in [0.05, 0.1) is 11.1 Å². The molecule has 1 aromatic heterocycles. The lowest BCUT2D eigenvalue weighted by Crippen LogP contribution is -2.16. The number of nitro benzene ring substituents is 1. The topological polar surface area (TPSA) is 118 Å². The number of furan rings is 1. The fraction of sp³-hybridized carbons (Fsp3) is 0. The van der Waals surface area contributed by atoms with E-state index in [0.717, 1.165) is 17.7 Å². The molecule has 0 aliphatic carbocycles. The summed E-state index contributed by atoms with van der Waals surface area (Å²) in [6.45, 7) is 0. The summed E-state index contributed by atoms with van der Waals surface area (Å²) < 4.78 is 5.38. The number of hydrazone groups is 1. The van der Waals surface area contributed by atoms with Crippen LogP contribution >= 0.6 is 0 Å². The minimum Gasteiger partial charge on any atom is -0.507 e. The maximum absolute atomic E-state index is 12.0. The number of nitrogens with one attached hydrogen (secondary N) is 1. The molecule has 2 aromatic carbocycles. The molecule has 0 bridgehead atoms. The molecule has 0 radical (unpaired) electrons. The van der Waals surface area contributed by atoms with Crippen LogP contribution in [0.4, 0.5) is 5.69 Å². The highest BCUT2D eigenvalue weighted by molar-refractivity contribution is 5.96. The Morgan fingerprint density at radius 3 is 2.79 bits per heavy atom. The zero-order chi connectivity index (χ0) is 17.1. The van der Waals surface area contributed by atoms with E-state index < -0.39 is 10.8 Å². The highest BCUT2D eigenvalue weighted by Gasteiger charge is 2.12. The molecule has 1 heterocycles. The normalized spacial score (nSPS) is 11.0. The predicted molar refractivity (Wildman–Crippen MR) is 86.0 cm³/mol. The van der Waals surface area contributed by atoms with Gasteiger partial charge in [0.1, 0.15) is 11.3 Å². The number of hydrogen-bond acceptors (Lipinski definition) is 6. The summed E-state index contributed by atoms with van der Waals surface area (Å²) in [5.74, 6) is -0.689. The maximum atomic E-state index is 12.0. The molecule has 0 saturated heterocycles. The Morgan fingerprint density at radius 1 is 1.25 bits per heavy atom. The van der Waals surface area contributed by atoms with Crippen molar-refractivity contribution in [3.63, 3.8) is 0 Å². The second-order valence-electron chi connectivity index (χ2n) is 4.85. The van der Waals surface area contributed by atoms with Crippen LogP contribution in [0, 0.1) is 10.1 Å². The van der Waals surface area contributed by atoms with E-state index in [4.69, 9.17) is 4.42 Å². The molecule has 2 N–H and O–H groups in total. The van der Waals surface area contributed by atoms with Gasteiger partial charge in [0, 0.05) is 23.1 Å². The second kappa shape index (κ2) is 6.21. The summed E-state index contributed by atoms with van der Waals surface area (Å²) >= 11 is 0. The molecule has 0 fully saturated rings. The molecule has 8 nitrogen and oxygen atoms in total. The van der Waals surface area contributed by atoms with Crippen LogP contribution in [0.5, 0.6) is 5.75 Å². The van der Waals surface area contributed by atoms with Crippen LogP contribution in [0.15, 0.2) is 58.0 Å². The molecular weight excluding hydrogens is 314 g/mol. The van der Waals surface area contributed by atoms with Gasteiger partial charge < -0.3 is 9.52 Å². The number of aromatic hydroxyl groups is 1. The molecular formula is C16H11N3O5. The maximum Gasteiger partial charge on any atom is 0.307 e. The van der Waals surface area contributed by atoms with Crippen LogP contribution in [0.25, 0.3) is 11.0 Å². The number of carbonyl (C=O) groups is 1. The van der Waals surface area contributed by atoms with Crippen LogP contribution in [0.2, 0.25) is 0 Å². The van der Waals surface area contributed by atoms with Crippen LogP contribution in [-0.2, 0) is 0 Å². The molecule has 3 rings (SSSR count). The smallest absolute Gasteiger partial charge is 0.307 e. The van der Waals surface area contributed by atoms with Gasteiger partial charge in [-0.25, -0.2) is 5.43 Å². The van der Waals surface area contributed by atoms with Gasteiger partial charge in [-0.15, -0.1) is 0 Å². The fourth-order valence-corrected chi connectivity index (χ4v) is 2.07. The van der Waals surface area contributed by atoms with E-state index in [1.807, 2.05) is 6.07 Å². The van der Waals surface area contributed by atoms with Gasteiger partial charge in [0.15, 0.2) is 5.76 Å². The van der Waals surface area contributed by atoms with Crippen molar-refractivity contribution in [1.29, 1.82) is 0 Å². The van der Waals surface area contributed by atoms with Crippen LogP contribution in [0.1, 0.15) is 16.1 Å². The van der Waals surface area contributed by atoms with E-state index in [2.05, 4.69) is 10.5 Å². The van der Waals surface area contributed by atoms with Gasteiger partial charge in [-0.2, -0.15) is 5.10 Å². The Kier molecular flexibility index (Phi) is 3.94. The lowest BCUT2D eigenvalue weighted by atomic mass is 10.2. The van der Waals surface area contributed by atoms with E-state index in [1.165, 1.54) is 12.1 Å². The third kappa shape index (κ3) is 3.07. The molecule has 0 aliphatic rings. The first-order chi connectivity index (χ1) is 11.5. The Bertz CT molecular complexity index is 928. The first-order valence-electron chi connectivity index (χ1n) is 6.84. The summed E-state index contributed by atoms with van der Waals surface area (Å²) in [5, 5.41) is 24.8. The third-order valence-corrected chi connectivity index (χ3v) is 3.24. The number of para-hydroxylation sites is 1. The van der Waals surface area contributed by atoms with Crippen molar-refractivity contribution in [2.75, 3.05) is 0 Å². The zero-order valence-corrected chi connectivity index (χ0v) is 12.2. The van der Waals surface area contributed by atoms with E-state index >= 15 is 0 Å². The third-order valence-electron chi connectivity index (χ3n) is 3.24. The Labute approximate surface area is 135 Å². The number of fused-ring (bicyclic) bond motifs is 1. The first kappa shape index (κ1) is 15.2. The number of phenols is 1. The van der Waals surface area contributed by atoms with Crippen molar-refractivity contribution in [3.8, 4) is 5.75 Å². The number of carbonyl (C=O) groups excluding carboxylic acids is 1. The average molecular weight is 325 g/mol. The molecule has 0 spiro atoms. The molecule has 24 heavy (non-hydrogen) atoms. The highest BCUT2D eigenvalue weighted by Crippen LogP contribution is 2.21. The fourth-order valence-electron chi connectivity index (χ4n) is 2.07. The molecule has 1 amide bonds. The van der Waals surface area contributed by atoms with Crippen LogP contribution < -0.4 is 5.43 Å². The van der Waals surface area contributed by atoms with Gasteiger partial charge in [0.25, 0.3) is 5.69 Å². The Hall–Kier alpha value is -3.68. The number of benzene rings is 2. The van der Waals surface area contributed by atoms with Crippen molar-refractivity contribution < 1.29 is 19.2 Å². The van der Waals surface area contributed by atoms with Gasteiger partial charge in [-0.1, -0.05) is 18.2 Å². The van der Waals surface area contributed by atoms with Crippen molar-refractivity contribution in [2.24, 2.45) is 5.10 Å². The van der Waals surface area contributed by atoms with E-state index in [1.54, 1.807) is 24.3 Å². The lowest BCUT2D eigenvalue weighted by molar-refractivity contribution is -0.384. The number of non-ortho nitro benzene ring substituents is 1.